The van der Waals surface area contributed by atoms with Crippen molar-refractivity contribution in [3.05, 3.63) is 72.2 Å². The number of benzene rings is 2. The lowest BCUT2D eigenvalue weighted by Gasteiger charge is -2.37. The SMILES string of the molecule is COc1cc2c(cc1OC)C(=N)N(CCNC(=O)c1cc3ccc(-c4cccnc4)cc3[nH]1)C(S)N2. The van der Waals surface area contributed by atoms with Gasteiger partial charge >= 0.3 is 0 Å². The zero-order valence-corrected chi connectivity index (χ0v) is 20.7. The minimum absolute atomic E-state index is 0.215. The van der Waals surface area contributed by atoms with E-state index >= 15 is 0 Å². The number of amidine groups is 1. The molecule has 1 atom stereocenters. The Bertz CT molecular complexity index is 1440. The van der Waals surface area contributed by atoms with E-state index in [1.807, 2.05) is 42.6 Å². The van der Waals surface area contributed by atoms with Crippen LogP contribution in [0, 0.1) is 5.41 Å². The molecule has 2 aromatic carbocycles. The maximum atomic E-state index is 12.8. The maximum Gasteiger partial charge on any atom is 0.267 e. The van der Waals surface area contributed by atoms with Gasteiger partial charge in [-0.15, -0.1) is 12.6 Å². The number of H-pyrrole nitrogens is 1. The first-order valence-electron chi connectivity index (χ1n) is 11.4. The summed E-state index contributed by atoms with van der Waals surface area (Å²) < 4.78 is 10.7. The van der Waals surface area contributed by atoms with Gasteiger partial charge in [-0.3, -0.25) is 15.2 Å². The van der Waals surface area contributed by atoms with Gasteiger partial charge in [-0.25, -0.2) is 0 Å². The van der Waals surface area contributed by atoms with Gasteiger partial charge in [0, 0.05) is 53.6 Å². The fourth-order valence-electron chi connectivity index (χ4n) is 4.27. The highest BCUT2D eigenvalue weighted by Crippen LogP contribution is 2.37. The quantitative estimate of drug-likeness (QED) is 0.245. The number of nitrogens with one attached hydrogen (secondary N) is 4. The van der Waals surface area contributed by atoms with Gasteiger partial charge in [0.15, 0.2) is 11.5 Å². The van der Waals surface area contributed by atoms with Gasteiger partial charge in [0.05, 0.1) is 19.9 Å². The molecular weight excluding hydrogens is 476 g/mol. The number of aromatic amines is 1. The molecule has 1 amide bonds. The van der Waals surface area contributed by atoms with E-state index in [2.05, 4.69) is 33.2 Å². The molecule has 4 aromatic rings. The number of amides is 1. The van der Waals surface area contributed by atoms with Crippen LogP contribution in [0.1, 0.15) is 16.1 Å². The molecule has 0 saturated heterocycles. The summed E-state index contributed by atoms with van der Waals surface area (Å²) in [5.74, 6) is 1.18. The molecule has 2 aromatic heterocycles. The number of ether oxygens (including phenoxy) is 2. The van der Waals surface area contributed by atoms with Gasteiger partial charge in [-0.05, 0) is 29.8 Å². The van der Waals surface area contributed by atoms with Crippen LogP contribution in [0.5, 0.6) is 11.5 Å². The first-order valence-corrected chi connectivity index (χ1v) is 11.9. The molecule has 184 valence electrons. The molecule has 0 radical (unpaired) electrons. The highest BCUT2D eigenvalue weighted by molar-refractivity contribution is 7.81. The van der Waals surface area contributed by atoms with Gasteiger partial charge in [0.25, 0.3) is 5.91 Å². The van der Waals surface area contributed by atoms with Crippen molar-refractivity contribution in [3.8, 4) is 22.6 Å². The Morgan fingerprint density at radius 3 is 2.69 bits per heavy atom. The van der Waals surface area contributed by atoms with Crippen LogP contribution in [0.3, 0.4) is 0 Å². The zero-order valence-electron chi connectivity index (χ0n) is 19.8. The molecule has 0 aliphatic carbocycles. The summed E-state index contributed by atoms with van der Waals surface area (Å²) in [6, 6.07) is 15.3. The lowest BCUT2D eigenvalue weighted by Crippen LogP contribution is -2.48. The summed E-state index contributed by atoms with van der Waals surface area (Å²) in [6.45, 7) is 0.726. The third-order valence-electron chi connectivity index (χ3n) is 6.15. The number of pyridine rings is 1. The number of aromatic nitrogens is 2. The Balaban J connectivity index is 1.25. The van der Waals surface area contributed by atoms with Crippen molar-refractivity contribution < 1.29 is 14.3 Å². The van der Waals surface area contributed by atoms with Crippen LogP contribution in [0.25, 0.3) is 22.0 Å². The molecule has 4 N–H and O–H groups in total. The Labute approximate surface area is 213 Å². The fourth-order valence-corrected chi connectivity index (χ4v) is 4.64. The van der Waals surface area contributed by atoms with Crippen LogP contribution in [0.4, 0.5) is 5.69 Å². The van der Waals surface area contributed by atoms with Crippen molar-refractivity contribution >= 4 is 41.0 Å². The third kappa shape index (κ3) is 4.42. The van der Waals surface area contributed by atoms with E-state index in [9.17, 15) is 4.79 Å². The molecule has 10 heteroatoms. The van der Waals surface area contributed by atoms with E-state index in [1.165, 1.54) is 0 Å². The number of carbonyl (C=O) groups is 1. The van der Waals surface area contributed by atoms with Crippen molar-refractivity contribution in [2.45, 2.75) is 5.50 Å². The van der Waals surface area contributed by atoms with E-state index in [1.54, 1.807) is 37.4 Å². The Morgan fingerprint density at radius 1 is 1.14 bits per heavy atom. The van der Waals surface area contributed by atoms with Crippen LogP contribution in [-0.4, -0.2) is 59.4 Å². The summed E-state index contributed by atoms with van der Waals surface area (Å²) in [7, 11) is 3.13. The summed E-state index contributed by atoms with van der Waals surface area (Å²) in [5, 5.41) is 15.8. The monoisotopic (exact) mass is 502 g/mol. The Morgan fingerprint density at radius 2 is 1.94 bits per heavy atom. The fraction of sp³-hybridized carbons (Fsp3) is 0.192. The topological polar surface area (TPSA) is 115 Å². The van der Waals surface area contributed by atoms with Crippen LogP contribution >= 0.6 is 12.6 Å². The minimum atomic E-state index is -0.432. The summed E-state index contributed by atoms with van der Waals surface area (Å²) in [4.78, 5) is 22.0. The standard InChI is InChI=1S/C26H26N6O3S/c1-34-22-12-18-20(13-23(22)35-2)31-26(36)32(24(18)27)9-8-29-25(33)21-11-16-6-5-15(10-19(16)30-21)17-4-3-7-28-14-17/h3-7,10-14,26-27,30-31,36H,8-9H2,1-2H3,(H,29,33). The molecule has 1 unspecified atom stereocenters. The van der Waals surface area contributed by atoms with E-state index in [0.29, 0.717) is 35.8 Å². The molecule has 0 bridgehead atoms. The largest absolute Gasteiger partial charge is 0.493 e. The molecule has 0 saturated carbocycles. The second kappa shape index (κ2) is 9.82. The second-order valence-corrected chi connectivity index (χ2v) is 8.78. The van der Waals surface area contributed by atoms with E-state index < -0.39 is 5.50 Å². The van der Waals surface area contributed by atoms with Gasteiger partial charge in [-0.2, -0.15) is 0 Å². The molecule has 1 aliphatic heterocycles. The molecule has 5 rings (SSSR count). The van der Waals surface area contributed by atoms with Crippen molar-refractivity contribution in [2.75, 3.05) is 32.6 Å². The average Bonchev–Trinajstić information content (AvgIpc) is 3.34. The number of anilines is 1. The van der Waals surface area contributed by atoms with Crippen molar-refractivity contribution in [1.82, 2.24) is 20.2 Å². The van der Waals surface area contributed by atoms with Crippen molar-refractivity contribution in [2.24, 2.45) is 0 Å². The highest BCUT2D eigenvalue weighted by atomic mass is 32.1. The Hall–Kier alpha value is -4.18. The lowest BCUT2D eigenvalue weighted by molar-refractivity contribution is 0.0947. The van der Waals surface area contributed by atoms with Crippen LogP contribution in [-0.2, 0) is 0 Å². The van der Waals surface area contributed by atoms with Gasteiger partial charge in [0.2, 0.25) is 0 Å². The number of hydrogen-bond donors (Lipinski definition) is 5. The number of hydrogen-bond acceptors (Lipinski definition) is 7. The predicted molar refractivity (Wildman–Crippen MR) is 143 cm³/mol. The van der Waals surface area contributed by atoms with Crippen LogP contribution < -0.4 is 20.1 Å². The number of thiol groups is 1. The minimum Gasteiger partial charge on any atom is -0.493 e. The normalized spacial score (nSPS) is 14.8. The smallest absolute Gasteiger partial charge is 0.267 e. The third-order valence-corrected chi connectivity index (χ3v) is 6.55. The summed E-state index contributed by atoms with van der Waals surface area (Å²) in [5.41, 5.74) is 4.36. The molecule has 9 nitrogen and oxygen atoms in total. The molecule has 0 fully saturated rings. The molecule has 0 spiro atoms. The first kappa shape index (κ1) is 23.6. The first-order chi connectivity index (χ1) is 17.5. The number of fused-ring (bicyclic) bond motifs is 2. The van der Waals surface area contributed by atoms with Crippen LogP contribution in [0.2, 0.25) is 0 Å². The maximum absolute atomic E-state index is 12.8. The number of carbonyl (C=O) groups excluding carboxylic acids is 1. The molecule has 3 heterocycles. The number of nitrogens with zero attached hydrogens (tertiary/aromatic N) is 2. The van der Waals surface area contributed by atoms with Gasteiger partial charge in [0.1, 0.15) is 17.0 Å². The predicted octanol–water partition coefficient (Wildman–Crippen LogP) is 3.94. The van der Waals surface area contributed by atoms with Gasteiger partial charge in [-0.1, -0.05) is 18.2 Å². The second-order valence-electron chi connectivity index (χ2n) is 8.30. The lowest BCUT2D eigenvalue weighted by atomic mass is 10.1. The highest BCUT2D eigenvalue weighted by Gasteiger charge is 2.28. The Kier molecular flexibility index (Phi) is 6.43. The van der Waals surface area contributed by atoms with Crippen LogP contribution in [0.15, 0.2) is 60.9 Å². The van der Waals surface area contributed by atoms with Gasteiger partial charge < -0.3 is 30.0 Å². The van der Waals surface area contributed by atoms with Crippen molar-refractivity contribution in [1.29, 1.82) is 5.41 Å². The number of methoxy groups -OCH3 is 2. The summed E-state index contributed by atoms with van der Waals surface area (Å²) >= 11 is 4.60. The molecule has 1 aliphatic rings. The molecular formula is C26H26N6O3S. The average molecular weight is 503 g/mol. The number of rotatable bonds is 7. The zero-order chi connectivity index (χ0) is 25.2. The van der Waals surface area contributed by atoms with Crippen molar-refractivity contribution in [3.63, 3.8) is 0 Å². The van der Waals surface area contributed by atoms with E-state index in [-0.39, 0.29) is 11.7 Å². The van der Waals surface area contributed by atoms with E-state index in [4.69, 9.17) is 14.9 Å². The molecule has 36 heavy (non-hydrogen) atoms. The summed E-state index contributed by atoms with van der Waals surface area (Å²) in [6.07, 6.45) is 3.55. The van der Waals surface area contributed by atoms with E-state index in [0.717, 1.165) is 27.7 Å².